The number of carbonyl (C=O) groups is 2. The molecule has 0 bridgehead atoms. The number of benzene rings is 1. The van der Waals surface area contributed by atoms with Crippen molar-refractivity contribution < 1.29 is 28.3 Å². The van der Waals surface area contributed by atoms with E-state index in [1.165, 1.54) is 11.1 Å². The van der Waals surface area contributed by atoms with Crippen LogP contribution < -0.4 is 5.32 Å². The van der Waals surface area contributed by atoms with Crippen molar-refractivity contribution in [2.45, 2.75) is 91.8 Å². The van der Waals surface area contributed by atoms with E-state index < -0.39 is 31.2 Å². The Morgan fingerprint density at radius 1 is 0.921 bits per heavy atom. The maximum atomic E-state index is 13.6. The summed E-state index contributed by atoms with van der Waals surface area (Å²) in [6.45, 7) is 11.9. The quantitative estimate of drug-likeness (QED) is 0.148. The molecule has 1 unspecified atom stereocenters. The van der Waals surface area contributed by atoms with Gasteiger partial charge in [-0.1, -0.05) is 65.3 Å². The lowest BCUT2D eigenvalue weighted by Crippen LogP contribution is -2.46. The summed E-state index contributed by atoms with van der Waals surface area (Å²) in [5.74, 6) is -1.82. The Balaban J connectivity index is 3.01. The SMILES string of the molecule is CCOP(=O)(OCC)C(C/C=C(\C)CC/C=C(\C)CCC=C(C)C)C(=O)N[C@H](Cc1ccccc1)C(=O)O. The highest BCUT2D eigenvalue weighted by molar-refractivity contribution is 7.55. The molecule has 0 saturated heterocycles. The van der Waals surface area contributed by atoms with Gasteiger partial charge in [0, 0.05) is 6.42 Å². The molecule has 0 fully saturated rings. The van der Waals surface area contributed by atoms with Gasteiger partial charge in [0.2, 0.25) is 5.91 Å². The predicted molar refractivity (Wildman–Crippen MR) is 154 cm³/mol. The van der Waals surface area contributed by atoms with Crippen molar-refractivity contribution >= 4 is 19.5 Å². The number of carboxylic acid groups (broad SMARTS) is 1. The van der Waals surface area contributed by atoms with Crippen LogP contribution in [0, 0.1) is 0 Å². The largest absolute Gasteiger partial charge is 0.480 e. The highest BCUT2D eigenvalue weighted by atomic mass is 31.2. The Labute approximate surface area is 228 Å². The first-order valence-electron chi connectivity index (χ1n) is 13.4. The van der Waals surface area contributed by atoms with E-state index in [9.17, 15) is 19.3 Å². The van der Waals surface area contributed by atoms with Gasteiger partial charge in [0.15, 0.2) is 0 Å². The minimum atomic E-state index is -3.84. The molecule has 212 valence electrons. The minimum Gasteiger partial charge on any atom is -0.480 e. The van der Waals surface area contributed by atoms with E-state index in [-0.39, 0.29) is 26.1 Å². The number of rotatable bonds is 18. The minimum absolute atomic E-state index is 0.104. The molecule has 38 heavy (non-hydrogen) atoms. The molecule has 0 aliphatic carbocycles. The van der Waals surface area contributed by atoms with Crippen molar-refractivity contribution in [3.05, 3.63) is 70.8 Å². The second kappa shape index (κ2) is 17.9. The van der Waals surface area contributed by atoms with Crippen LogP contribution in [-0.2, 0) is 29.6 Å². The number of hydrogen-bond donors (Lipinski definition) is 2. The van der Waals surface area contributed by atoms with Gasteiger partial charge in [0.25, 0.3) is 0 Å². The van der Waals surface area contributed by atoms with Crippen LogP contribution in [0.3, 0.4) is 0 Å². The molecule has 8 heteroatoms. The van der Waals surface area contributed by atoms with Crippen LogP contribution in [0.4, 0.5) is 0 Å². The Morgan fingerprint density at radius 3 is 2.00 bits per heavy atom. The molecule has 1 rings (SSSR count). The van der Waals surface area contributed by atoms with Gasteiger partial charge < -0.3 is 19.5 Å². The van der Waals surface area contributed by atoms with Gasteiger partial charge in [-0.15, -0.1) is 0 Å². The molecule has 0 aliphatic heterocycles. The number of nitrogens with one attached hydrogen (secondary N) is 1. The molecule has 7 nitrogen and oxygen atoms in total. The van der Waals surface area contributed by atoms with E-state index in [1.807, 2.05) is 31.2 Å². The third-order valence-corrected chi connectivity index (χ3v) is 8.46. The molecule has 0 spiro atoms. The maximum absolute atomic E-state index is 13.6. The van der Waals surface area contributed by atoms with Gasteiger partial charge in [0.1, 0.15) is 11.7 Å². The zero-order valence-electron chi connectivity index (χ0n) is 23.9. The Bertz CT molecular complexity index is 1000. The van der Waals surface area contributed by atoms with Crippen LogP contribution in [0.15, 0.2) is 65.3 Å². The molecule has 0 radical (unpaired) electrons. The highest BCUT2D eigenvalue weighted by Crippen LogP contribution is 2.54. The zero-order chi connectivity index (χ0) is 28.6. The first kappa shape index (κ1) is 33.6. The lowest BCUT2D eigenvalue weighted by atomic mass is 10.0. The summed E-state index contributed by atoms with van der Waals surface area (Å²) in [5, 5.41) is 12.3. The summed E-state index contributed by atoms with van der Waals surface area (Å²) in [5.41, 5.74) is 3.32. The topological polar surface area (TPSA) is 102 Å². The van der Waals surface area contributed by atoms with Crippen molar-refractivity contribution in [1.82, 2.24) is 5.32 Å². The number of allylic oxidation sites excluding steroid dienone is 6. The second-order valence-electron chi connectivity index (χ2n) is 9.68. The first-order chi connectivity index (χ1) is 18.0. The average Bonchev–Trinajstić information content (AvgIpc) is 2.84. The number of hydrogen-bond acceptors (Lipinski definition) is 5. The van der Waals surface area contributed by atoms with E-state index >= 15 is 0 Å². The van der Waals surface area contributed by atoms with Crippen LogP contribution in [0.25, 0.3) is 0 Å². The molecule has 1 aromatic carbocycles. The third kappa shape index (κ3) is 12.9. The molecule has 0 aliphatic rings. The summed E-state index contributed by atoms with van der Waals surface area (Å²) in [4.78, 5) is 25.3. The summed E-state index contributed by atoms with van der Waals surface area (Å²) >= 11 is 0. The average molecular weight is 548 g/mol. The van der Waals surface area contributed by atoms with Crippen molar-refractivity contribution in [3.8, 4) is 0 Å². The van der Waals surface area contributed by atoms with Crippen molar-refractivity contribution in [1.29, 1.82) is 0 Å². The highest BCUT2D eigenvalue weighted by Gasteiger charge is 2.41. The van der Waals surface area contributed by atoms with Crippen molar-refractivity contribution in [3.63, 3.8) is 0 Å². The van der Waals surface area contributed by atoms with Gasteiger partial charge in [0.05, 0.1) is 13.2 Å². The molecule has 0 heterocycles. The number of aliphatic carboxylic acids is 1. The van der Waals surface area contributed by atoms with Crippen molar-refractivity contribution in [2.24, 2.45) is 0 Å². The summed E-state index contributed by atoms with van der Waals surface area (Å²) in [7, 11) is -3.84. The lowest BCUT2D eigenvalue weighted by molar-refractivity contribution is -0.141. The molecule has 0 saturated carbocycles. The fourth-order valence-electron chi connectivity index (χ4n) is 3.93. The number of carboxylic acids is 1. The van der Waals surface area contributed by atoms with Gasteiger partial charge >= 0.3 is 13.6 Å². The van der Waals surface area contributed by atoms with E-state index in [0.717, 1.165) is 36.8 Å². The number of amides is 1. The fourth-order valence-corrected chi connectivity index (χ4v) is 5.81. The third-order valence-electron chi connectivity index (χ3n) is 6.01. The van der Waals surface area contributed by atoms with Crippen LogP contribution >= 0.6 is 7.60 Å². The van der Waals surface area contributed by atoms with Gasteiger partial charge in [-0.05, 0) is 79.2 Å². The maximum Gasteiger partial charge on any atom is 0.343 e. The molecular formula is C30H46NO6P. The van der Waals surface area contributed by atoms with Crippen LogP contribution in [-0.4, -0.2) is 41.9 Å². The standard InChI is InChI=1S/C30H46NO6P/c1-7-36-38(35,37-8-2)28(21-20-25(6)17-13-16-24(5)15-12-14-23(3)4)29(32)31-27(30(33)34)22-26-18-10-9-11-19-26/h9-11,14,16,18-20,27-28H,7-8,12-13,15,17,21-22H2,1-6H3,(H,31,32)(H,33,34)/b24-16+,25-20+/t27-,28?/m1/s1. The summed E-state index contributed by atoms with van der Waals surface area (Å²) in [6, 6.07) is 7.89. The molecular weight excluding hydrogens is 501 g/mol. The Morgan fingerprint density at radius 2 is 1.47 bits per heavy atom. The predicted octanol–water partition coefficient (Wildman–Crippen LogP) is 7.24. The van der Waals surface area contributed by atoms with Gasteiger partial charge in [-0.3, -0.25) is 9.36 Å². The van der Waals surface area contributed by atoms with E-state index in [1.54, 1.807) is 26.0 Å². The zero-order valence-corrected chi connectivity index (χ0v) is 24.8. The lowest BCUT2D eigenvalue weighted by Gasteiger charge is -2.26. The first-order valence-corrected chi connectivity index (χ1v) is 15.0. The summed E-state index contributed by atoms with van der Waals surface area (Å²) in [6.07, 6.45) is 10.3. The van der Waals surface area contributed by atoms with E-state index in [2.05, 4.69) is 38.2 Å². The smallest absolute Gasteiger partial charge is 0.343 e. The molecule has 1 aromatic rings. The second-order valence-corrected chi connectivity index (χ2v) is 11.9. The van der Waals surface area contributed by atoms with E-state index in [4.69, 9.17) is 9.05 Å². The molecule has 1 amide bonds. The van der Waals surface area contributed by atoms with Gasteiger partial charge in [-0.25, -0.2) is 4.79 Å². The van der Waals surface area contributed by atoms with Crippen LogP contribution in [0.1, 0.15) is 79.2 Å². The molecule has 2 atom stereocenters. The molecule has 2 N–H and O–H groups in total. The van der Waals surface area contributed by atoms with Crippen molar-refractivity contribution in [2.75, 3.05) is 13.2 Å². The Hall–Kier alpha value is -2.47. The molecule has 0 aromatic heterocycles. The normalized spacial score (nSPS) is 14.1. The Kier molecular flexibility index (Phi) is 15.8. The number of carbonyl (C=O) groups excluding carboxylic acids is 1. The van der Waals surface area contributed by atoms with Gasteiger partial charge in [-0.2, -0.15) is 0 Å². The van der Waals surface area contributed by atoms with Crippen LogP contribution in [0.5, 0.6) is 0 Å². The fraction of sp³-hybridized carbons (Fsp3) is 0.533. The monoisotopic (exact) mass is 547 g/mol. The summed E-state index contributed by atoms with van der Waals surface area (Å²) < 4.78 is 24.6. The van der Waals surface area contributed by atoms with Crippen LogP contribution in [0.2, 0.25) is 0 Å². The van der Waals surface area contributed by atoms with E-state index in [0.29, 0.717) is 0 Å².